The molecule has 28 heavy (non-hydrogen) atoms. The number of methoxy groups -OCH3 is 2. The molecule has 3 rings (SSSR count). The van der Waals surface area contributed by atoms with Gasteiger partial charge in [-0.15, -0.1) is 12.4 Å². The molecule has 2 N–H and O–H groups in total. The highest BCUT2D eigenvalue weighted by Crippen LogP contribution is 2.39. The van der Waals surface area contributed by atoms with Crippen molar-refractivity contribution in [1.82, 2.24) is 4.90 Å². The quantitative estimate of drug-likeness (QED) is 0.763. The van der Waals surface area contributed by atoms with Crippen LogP contribution in [0.1, 0.15) is 28.8 Å². The van der Waals surface area contributed by atoms with Crippen LogP contribution in [0.5, 0.6) is 17.2 Å². The van der Waals surface area contributed by atoms with Gasteiger partial charge in [-0.05, 0) is 30.5 Å². The molecular formula is C21H27ClN2O4. The lowest BCUT2D eigenvalue weighted by atomic mass is 10.1. The van der Waals surface area contributed by atoms with Crippen LogP contribution in [0, 0.1) is 0 Å². The van der Waals surface area contributed by atoms with Gasteiger partial charge >= 0.3 is 0 Å². The van der Waals surface area contributed by atoms with Crippen LogP contribution in [0.15, 0.2) is 42.5 Å². The van der Waals surface area contributed by atoms with Gasteiger partial charge in [0.2, 0.25) is 5.75 Å². The van der Waals surface area contributed by atoms with Crippen molar-refractivity contribution >= 4 is 18.3 Å². The fourth-order valence-corrected chi connectivity index (χ4v) is 3.39. The zero-order valence-corrected chi connectivity index (χ0v) is 17.0. The van der Waals surface area contributed by atoms with E-state index < -0.39 is 0 Å². The van der Waals surface area contributed by atoms with E-state index in [9.17, 15) is 4.79 Å². The summed E-state index contributed by atoms with van der Waals surface area (Å²) in [6, 6.07) is 13.3. The van der Waals surface area contributed by atoms with Crippen molar-refractivity contribution in [3.8, 4) is 17.2 Å². The minimum absolute atomic E-state index is 0. The van der Waals surface area contributed by atoms with Crippen molar-refractivity contribution < 1.29 is 19.0 Å². The highest BCUT2D eigenvalue weighted by Gasteiger charge is 2.29. The maximum atomic E-state index is 13.0. The molecule has 1 saturated heterocycles. The summed E-state index contributed by atoms with van der Waals surface area (Å²) in [4.78, 5) is 14.8. The van der Waals surface area contributed by atoms with E-state index in [1.54, 1.807) is 26.4 Å². The third-order valence-electron chi connectivity index (χ3n) is 4.84. The number of halogens is 1. The average Bonchev–Trinajstić information content (AvgIpc) is 3.20. The van der Waals surface area contributed by atoms with Crippen LogP contribution < -0.4 is 19.9 Å². The second kappa shape index (κ2) is 10.2. The number of carbonyl (C=O) groups is 1. The van der Waals surface area contributed by atoms with Crippen LogP contribution in [-0.4, -0.2) is 44.2 Å². The molecule has 0 bridgehead atoms. The summed E-state index contributed by atoms with van der Waals surface area (Å²) in [5.41, 5.74) is 7.35. The Balaban J connectivity index is 0.00000280. The van der Waals surface area contributed by atoms with E-state index in [0.717, 1.165) is 24.9 Å². The number of nitrogens with two attached hydrogens (primary N) is 1. The Hall–Kier alpha value is -2.44. The van der Waals surface area contributed by atoms with Gasteiger partial charge in [0.25, 0.3) is 5.91 Å². The van der Waals surface area contributed by atoms with Gasteiger partial charge in [0, 0.05) is 24.7 Å². The zero-order chi connectivity index (χ0) is 19.2. The lowest BCUT2D eigenvalue weighted by Gasteiger charge is -2.24. The van der Waals surface area contributed by atoms with Crippen LogP contribution in [0.2, 0.25) is 0 Å². The highest BCUT2D eigenvalue weighted by atomic mass is 35.5. The standard InChI is InChI=1S/C21H26N2O4.ClH/c1-25-18-11-16(21(24)23-10-6-9-17(23)13-22)12-19(26-2)20(18)27-14-15-7-4-3-5-8-15;/h3-5,7-8,11-12,17H,6,9-10,13-14,22H2,1-2H3;1H. The predicted molar refractivity (Wildman–Crippen MR) is 111 cm³/mol. The summed E-state index contributed by atoms with van der Waals surface area (Å²) in [5.74, 6) is 1.36. The third-order valence-corrected chi connectivity index (χ3v) is 4.84. The van der Waals surface area contributed by atoms with Crippen molar-refractivity contribution in [2.75, 3.05) is 27.3 Å². The SMILES string of the molecule is COc1cc(C(=O)N2CCCC2CN)cc(OC)c1OCc1ccccc1.Cl. The van der Waals surface area contributed by atoms with Gasteiger partial charge in [0.1, 0.15) is 6.61 Å². The molecule has 1 atom stereocenters. The van der Waals surface area contributed by atoms with Gasteiger partial charge in [-0.25, -0.2) is 0 Å². The number of nitrogens with zero attached hydrogens (tertiary/aromatic N) is 1. The largest absolute Gasteiger partial charge is 0.493 e. The molecule has 0 saturated carbocycles. The van der Waals surface area contributed by atoms with Crippen molar-refractivity contribution in [3.63, 3.8) is 0 Å². The van der Waals surface area contributed by atoms with Gasteiger partial charge in [0.15, 0.2) is 11.5 Å². The van der Waals surface area contributed by atoms with Crippen LogP contribution in [0.25, 0.3) is 0 Å². The molecule has 152 valence electrons. The number of benzene rings is 2. The lowest BCUT2D eigenvalue weighted by molar-refractivity contribution is 0.0740. The third kappa shape index (κ3) is 4.69. The summed E-state index contributed by atoms with van der Waals surface area (Å²) >= 11 is 0. The molecular weight excluding hydrogens is 380 g/mol. The van der Waals surface area contributed by atoms with E-state index in [1.165, 1.54) is 0 Å². The maximum absolute atomic E-state index is 13.0. The molecule has 0 aromatic heterocycles. The number of hydrogen-bond acceptors (Lipinski definition) is 5. The molecule has 1 aliphatic heterocycles. The minimum Gasteiger partial charge on any atom is -0.493 e. The van der Waals surface area contributed by atoms with Gasteiger partial charge in [0.05, 0.1) is 14.2 Å². The van der Waals surface area contributed by atoms with Gasteiger partial charge in [-0.1, -0.05) is 30.3 Å². The fourth-order valence-electron chi connectivity index (χ4n) is 3.39. The number of carbonyl (C=O) groups excluding carboxylic acids is 1. The molecule has 7 heteroatoms. The van der Waals surface area contributed by atoms with Crippen molar-refractivity contribution in [1.29, 1.82) is 0 Å². The van der Waals surface area contributed by atoms with Crippen molar-refractivity contribution in [3.05, 3.63) is 53.6 Å². The number of likely N-dealkylation sites (tertiary alicyclic amines) is 1. The highest BCUT2D eigenvalue weighted by molar-refractivity contribution is 5.96. The second-order valence-electron chi connectivity index (χ2n) is 6.51. The lowest BCUT2D eigenvalue weighted by Crippen LogP contribution is -2.39. The maximum Gasteiger partial charge on any atom is 0.254 e. The Bertz CT molecular complexity index is 760. The van der Waals surface area contributed by atoms with Crippen molar-refractivity contribution in [2.45, 2.75) is 25.5 Å². The molecule has 2 aromatic carbocycles. The summed E-state index contributed by atoms with van der Waals surface area (Å²) in [6.45, 7) is 1.57. The number of amides is 1. The Kier molecular flexibility index (Phi) is 7.96. The summed E-state index contributed by atoms with van der Waals surface area (Å²) < 4.78 is 16.9. The Morgan fingerprint density at radius 3 is 2.36 bits per heavy atom. The number of hydrogen-bond donors (Lipinski definition) is 1. The molecule has 1 aliphatic rings. The van der Waals surface area contributed by atoms with Gasteiger partial charge < -0.3 is 24.8 Å². The van der Waals surface area contributed by atoms with E-state index in [4.69, 9.17) is 19.9 Å². The Morgan fingerprint density at radius 2 is 1.79 bits per heavy atom. The first-order chi connectivity index (χ1) is 13.2. The second-order valence-corrected chi connectivity index (χ2v) is 6.51. The predicted octanol–water partition coefficient (Wildman–Crippen LogP) is 3.27. The number of ether oxygens (including phenoxy) is 3. The molecule has 0 aliphatic carbocycles. The van der Waals surface area contributed by atoms with Crippen LogP contribution in [-0.2, 0) is 6.61 Å². The normalized spacial score (nSPS) is 15.7. The molecule has 1 heterocycles. The first-order valence-electron chi connectivity index (χ1n) is 9.11. The van der Waals surface area contributed by atoms with Gasteiger partial charge in [-0.3, -0.25) is 4.79 Å². The smallest absolute Gasteiger partial charge is 0.254 e. The van der Waals surface area contributed by atoms with Crippen LogP contribution >= 0.6 is 12.4 Å². The Labute approximate surface area is 172 Å². The summed E-state index contributed by atoms with van der Waals surface area (Å²) in [7, 11) is 3.11. The summed E-state index contributed by atoms with van der Waals surface area (Å²) in [5, 5.41) is 0. The van der Waals surface area contributed by atoms with Crippen LogP contribution in [0.3, 0.4) is 0 Å². The Morgan fingerprint density at radius 1 is 1.14 bits per heavy atom. The minimum atomic E-state index is -0.0610. The van der Waals surface area contributed by atoms with E-state index >= 15 is 0 Å². The van der Waals surface area contributed by atoms with E-state index in [2.05, 4.69) is 0 Å². The first kappa shape index (κ1) is 21.9. The topological polar surface area (TPSA) is 74.0 Å². The monoisotopic (exact) mass is 406 g/mol. The average molecular weight is 407 g/mol. The first-order valence-corrected chi connectivity index (χ1v) is 9.11. The van der Waals surface area contributed by atoms with E-state index in [-0.39, 0.29) is 24.4 Å². The molecule has 0 spiro atoms. The van der Waals surface area contributed by atoms with E-state index in [1.807, 2.05) is 35.2 Å². The molecule has 1 amide bonds. The molecule has 6 nitrogen and oxygen atoms in total. The molecule has 2 aromatic rings. The summed E-state index contributed by atoms with van der Waals surface area (Å²) in [6.07, 6.45) is 1.91. The molecule has 0 radical (unpaired) electrons. The van der Waals surface area contributed by atoms with E-state index in [0.29, 0.717) is 36.0 Å². The molecule has 1 unspecified atom stereocenters. The number of rotatable bonds is 7. The van der Waals surface area contributed by atoms with Gasteiger partial charge in [-0.2, -0.15) is 0 Å². The van der Waals surface area contributed by atoms with Crippen molar-refractivity contribution in [2.24, 2.45) is 5.73 Å². The molecule has 1 fully saturated rings. The fraction of sp³-hybridized carbons (Fsp3) is 0.381. The zero-order valence-electron chi connectivity index (χ0n) is 16.2. The van der Waals surface area contributed by atoms with Crippen LogP contribution in [0.4, 0.5) is 0 Å².